The molecule has 1 aromatic carbocycles. The lowest BCUT2D eigenvalue weighted by atomic mass is 9.99. The van der Waals surface area contributed by atoms with Crippen LogP contribution in [-0.2, 0) is 29.1 Å². The predicted octanol–water partition coefficient (Wildman–Crippen LogP) is 2.55. The number of carbonyl (C=O) groups is 2. The van der Waals surface area contributed by atoms with Crippen LogP contribution in [0.15, 0.2) is 41.3 Å². The maximum absolute atomic E-state index is 13.3. The first-order valence-electron chi connectivity index (χ1n) is 9.33. The summed E-state index contributed by atoms with van der Waals surface area (Å²) >= 11 is 0. The van der Waals surface area contributed by atoms with Crippen molar-refractivity contribution in [3.05, 3.63) is 42.0 Å². The molecule has 0 amide bonds. The van der Waals surface area contributed by atoms with E-state index in [1.54, 1.807) is 12.1 Å². The number of benzene rings is 1. The average molecular weight is 407 g/mol. The molecule has 8 heteroatoms. The number of nitrogens with zero attached hydrogens (tertiary/aromatic N) is 1. The van der Waals surface area contributed by atoms with Gasteiger partial charge in [0.25, 0.3) is 0 Å². The van der Waals surface area contributed by atoms with E-state index in [0.717, 1.165) is 9.87 Å². The maximum atomic E-state index is 13.3. The smallest absolute Gasteiger partial charge is 0.332 e. The van der Waals surface area contributed by atoms with E-state index in [4.69, 9.17) is 9.47 Å². The quantitative estimate of drug-likeness (QED) is 0.697. The topological polar surface area (TPSA) is 90.0 Å². The molecule has 0 bridgehead atoms. The fourth-order valence-corrected chi connectivity index (χ4v) is 5.13. The van der Waals surface area contributed by atoms with Gasteiger partial charge in [-0.15, -0.1) is 4.31 Å². The average Bonchev–Trinajstić information content (AvgIpc) is 2.97. The van der Waals surface area contributed by atoms with Gasteiger partial charge in [-0.05, 0) is 37.5 Å². The molecule has 0 saturated carbocycles. The number of piperidine rings is 1. The van der Waals surface area contributed by atoms with E-state index in [-0.39, 0.29) is 36.2 Å². The molecule has 1 spiro atoms. The van der Waals surface area contributed by atoms with Gasteiger partial charge in [-0.1, -0.05) is 31.5 Å². The van der Waals surface area contributed by atoms with E-state index in [1.165, 1.54) is 24.3 Å². The summed E-state index contributed by atoms with van der Waals surface area (Å²) in [6, 6.07) is 6.46. The van der Waals surface area contributed by atoms with Crippen LogP contribution in [-0.4, -0.2) is 43.0 Å². The molecule has 2 aliphatic heterocycles. The molecule has 0 aliphatic carbocycles. The Labute approximate surface area is 165 Å². The van der Waals surface area contributed by atoms with Crippen LogP contribution in [0.2, 0.25) is 0 Å². The third-order valence-electron chi connectivity index (χ3n) is 4.86. The third kappa shape index (κ3) is 4.12. The number of esters is 2. The van der Waals surface area contributed by atoms with E-state index in [2.05, 4.69) is 0 Å². The standard InChI is InChI=1S/C20H25NO6S/c1-14(2)12-19(23)26-16-8-10-20(11-9-18(22)27-20)21(13-16)28(24,25)17-6-4-15(3)5-7-17/h4-7,9,11,14,16H,8,10,12-13H2,1-3H3/t16-,20-/m0/s1. The summed E-state index contributed by atoms with van der Waals surface area (Å²) in [4.78, 5) is 23.9. The van der Waals surface area contributed by atoms with Crippen LogP contribution >= 0.6 is 0 Å². The molecule has 2 heterocycles. The zero-order chi connectivity index (χ0) is 20.5. The largest absolute Gasteiger partial charge is 0.461 e. The number of rotatable bonds is 5. The van der Waals surface area contributed by atoms with Crippen molar-refractivity contribution in [3.63, 3.8) is 0 Å². The van der Waals surface area contributed by atoms with Gasteiger partial charge in [-0.2, -0.15) is 0 Å². The minimum absolute atomic E-state index is 0.0718. The Morgan fingerprint density at radius 1 is 1.32 bits per heavy atom. The van der Waals surface area contributed by atoms with Crippen LogP contribution in [0.1, 0.15) is 38.7 Å². The van der Waals surface area contributed by atoms with Crippen LogP contribution < -0.4 is 0 Å². The monoisotopic (exact) mass is 407 g/mol. The number of carbonyl (C=O) groups excluding carboxylic acids is 2. The van der Waals surface area contributed by atoms with Crippen LogP contribution in [0.25, 0.3) is 0 Å². The highest BCUT2D eigenvalue weighted by Gasteiger charge is 2.52. The Morgan fingerprint density at radius 2 is 2.00 bits per heavy atom. The lowest BCUT2D eigenvalue weighted by Crippen LogP contribution is -2.58. The summed E-state index contributed by atoms with van der Waals surface area (Å²) in [5.74, 6) is -0.796. The molecule has 28 heavy (non-hydrogen) atoms. The lowest BCUT2D eigenvalue weighted by Gasteiger charge is -2.43. The van der Waals surface area contributed by atoms with E-state index in [1.807, 2.05) is 20.8 Å². The molecule has 1 saturated heterocycles. The zero-order valence-electron chi connectivity index (χ0n) is 16.3. The van der Waals surface area contributed by atoms with Crippen molar-refractivity contribution in [1.82, 2.24) is 4.31 Å². The molecular weight excluding hydrogens is 382 g/mol. The summed E-state index contributed by atoms with van der Waals surface area (Å²) < 4.78 is 38.7. The minimum Gasteiger partial charge on any atom is -0.461 e. The molecule has 2 atom stereocenters. The molecule has 0 aromatic heterocycles. The van der Waals surface area contributed by atoms with Crippen LogP contribution in [0, 0.1) is 12.8 Å². The summed E-state index contributed by atoms with van der Waals surface area (Å²) in [6.07, 6.45) is 3.02. The van der Waals surface area contributed by atoms with Crippen molar-refractivity contribution in [2.24, 2.45) is 5.92 Å². The summed E-state index contributed by atoms with van der Waals surface area (Å²) in [5, 5.41) is 0. The fraction of sp³-hybridized carbons (Fsp3) is 0.500. The molecule has 0 unspecified atom stereocenters. The second kappa shape index (κ2) is 7.67. The predicted molar refractivity (Wildman–Crippen MR) is 102 cm³/mol. The Kier molecular flexibility index (Phi) is 5.63. The van der Waals surface area contributed by atoms with Gasteiger partial charge in [0.05, 0.1) is 11.4 Å². The van der Waals surface area contributed by atoms with Gasteiger partial charge in [-0.3, -0.25) is 4.79 Å². The van der Waals surface area contributed by atoms with Crippen molar-refractivity contribution in [1.29, 1.82) is 0 Å². The molecule has 152 valence electrons. The van der Waals surface area contributed by atoms with Crippen LogP contribution in [0.4, 0.5) is 0 Å². The highest BCUT2D eigenvalue weighted by molar-refractivity contribution is 7.89. The molecule has 1 aromatic rings. The molecule has 1 fully saturated rings. The first kappa shape index (κ1) is 20.5. The van der Waals surface area contributed by atoms with Gasteiger partial charge < -0.3 is 9.47 Å². The van der Waals surface area contributed by atoms with Gasteiger partial charge in [0.15, 0.2) is 5.72 Å². The molecule has 0 radical (unpaired) electrons. The Bertz CT molecular complexity index is 890. The highest BCUT2D eigenvalue weighted by Crippen LogP contribution is 2.39. The molecule has 2 aliphatic rings. The third-order valence-corrected chi connectivity index (χ3v) is 6.76. The normalized spacial score (nSPS) is 25.3. The van der Waals surface area contributed by atoms with Gasteiger partial charge in [0, 0.05) is 18.9 Å². The van der Waals surface area contributed by atoms with Crippen molar-refractivity contribution >= 4 is 22.0 Å². The summed E-state index contributed by atoms with van der Waals surface area (Å²) in [5.41, 5.74) is -0.443. The highest BCUT2D eigenvalue weighted by atomic mass is 32.2. The number of sulfonamides is 1. The lowest BCUT2D eigenvalue weighted by molar-refractivity contribution is -0.171. The Morgan fingerprint density at radius 3 is 2.57 bits per heavy atom. The zero-order valence-corrected chi connectivity index (χ0v) is 17.1. The molecular formula is C20H25NO6S. The number of hydrogen-bond acceptors (Lipinski definition) is 6. The summed E-state index contributed by atoms with van der Waals surface area (Å²) in [6.45, 7) is 5.62. The SMILES string of the molecule is Cc1ccc(S(=O)(=O)N2C[C@@H](OC(=O)CC(C)C)CC[C@]23C=CC(=O)O3)cc1. The van der Waals surface area contributed by atoms with Gasteiger partial charge >= 0.3 is 11.9 Å². The fourth-order valence-electron chi connectivity index (χ4n) is 3.43. The van der Waals surface area contributed by atoms with E-state index >= 15 is 0 Å². The van der Waals surface area contributed by atoms with E-state index in [0.29, 0.717) is 6.42 Å². The van der Waals surface area contributed by atoms with Crippen molar-refractivity contribution in [2.45, 2.75) is 56.8 Å². The van der Waals surface area contributed by atoms with Crippen molar-refractivity contribution in [2.75, 3.05) is 6.54 Å². The van der Waals surface area contributed by atoms with Gasteiger partial charge in [0.1, 0.15) is 6.10 Å². The van der Waals surface area contributed by atoms with Crippen molar-refractivity contribution < 1.29 is 27.5 Å². The minimum atomic E-state index is -3.97. The maximum Gasteiger partial charge on any atom is 0.332 e. The first-order chi connectivity index (χ1) is 13.1. The van der Waals surface area contributed by atoms with Crippen LogP contribution in [0.3, 0.4) is 0 Å². The Balaban J connectivity index is 1.90. The number of hydrogen-bond donors (Lipinski definition) is 0. The van der Waals surface area contributed by atoms with Crippen molar-refractivity contribution in [3.8, 4) is 0 Å². The van der Waals surface area contributed by atoms with E-state index < -0.39 is 27.8 Å². The molecule has 3 rings (SSSR count). The Hall–Kier alpha value is -2.19. The number of aryl methyl sites for hydroxylation is 1. The molecule has 0 N–H and O–H groups in total. The number of ether oxygens (including phenoxy) is 2. The van der Waals surface area contributed by atoms with Crippen LogP contribution in [0.5, 0.6) is 0 Å². The summed E-state index contributed by atoms with van der Waals surface area (Å²) in [7, 11) is -3.97. The van der Waals surface area contributed by atoms with Gasteiger partial charge in [-0.25, -0.2) is 13.2 Å². The second-order valence-electron chi connectivity index (χ2n) is 7.70. The first-order valence-corrected chi connectivity index (χ1v) is 10.8. The van der Waals surface area contributed by atoms with E-state index in [9.17, 15) is 18.0 Å². The molecule has 7 nitrogen and oxygen atoms in total. The second-order valence-corrected chi connectivity index (χ2v) is 9.56. The van der Waals surface area contributed by atoms with Gasteiger partial charge in [0.2, 0.25) is 10.0 Å².